The van der Waals surface area contributed by atoms with Crippen molar-refractivity contribution in [3.05, 3.63) is 38.2 Å². The first kappa shape index (κ1) is 25.1. The second-order valence-electron chi connectivity index (χ2n) is 7.53. The molecule has 2 aliphatic rings. The third-order valence-electron chi connectivity index (χ3n) is 5.24. The number of aromatic nitrogens is 2. The summed E-state index contributed by atoms with van der Waals surface area (Å²) in [5.41, 5.74) is -1.03. The molecule has 0 unspecified atom stereocenters. The van der Waals surface area contributed by atoms with Crippen molar-refractivity contribution < 1.29 is 24.2 Å². The Morgan fingerprint density at radius 1 is 1.32 bits per heavy atom. The molecule has 2 aromatic rings. The monoisotopic (exact) mass is 541 g/mol. The maximum Gasteiger partial charge on any atom is 0.352 e. The molecule has 0 bridgehead atoms. The number of hydrogen-bond acceptors (Lipinski definition) is 11. The first-order chi connectivity index (χ1) is 16.3. The number of hydrogen-bond donors (Lipinski definition) is 3. The van der Waals surface area contributed by atoms with Crippen molar-refractivity contribution in [1.29, 1.82) is 0 Å². The van der Waals surface area contributed by atoms with Gasteiger partial charge in [0.1, 0.15) is 16.1 Å². The predicted octanol–water partition coefficient (Wildman–Crippen LogP) is 1.67. The summed E-state index contributed by atoms with van der Waals surface area (Å²) in [6, 6.07) is 3.84. The van der Waals surface area contributed by atoms with Gasteiger partial charge >= 0.3 is 5.97 Å². The van der Waals surface area contributed by atoms with Crippen LogP contribution in [0.4, 0.5) is 0 Å². The van der Waals surface area contributed by atoms with E-state index in [9.17, 15) is 19.5 Å². The number of β-lactam (4-membered cyclic amide) rings is 1. The molecule has 0 spiro atoms. The van der Waals surface area contributed by atoms with Gasteiger partial charge in [-0.2, -0.15) is 0 Å². The van der Waals surface area contributed by atoms with Crippen LogP contribution < -0.4 is 10.6 Å². The van der Waals surface area contributed by atoms with Crippen molar-refractivity contribution in [2.75, 3.05) is 25.7 Å². The van der Waals surface area contributed by atoms with Gasteiger partial charge in [0, 0.05) is 34.9 Å². The summed E-state index contributed by atoms with van der Waals surface area (Å²) < 4.78 is 6.25. The highest BCUT2D eigenvalue weighted by atomic mass is 32.2. The summed E-state index contributed by atoms with van der Waals surface area (Å²) in [5, 5.41) is 23.9. The molecule has 34 heavy (non-hydrogen) atoms. The lowest BCUT2D eigenvalue weighted by molar-refractivity contribution is -0.192. The number of aliphatic carboxylic acids is 1. The van der Waals surface area contributed by atoms with Crippen molar-refractivity contribution >= 4 is 64.0 Å². The zero-order valence-corrected chi connectivity index (χ0v) is 21.9. The van der Waals surface area contributed by atoms with Gasteiger partial charge in [-0.3, -0.25) is 14.5 Å². The van der Waals surface area contributed by atoms with Gasteiger partial charge in [-0.1, -0.05) is 23.1 Å². The minimum absolute atomic E-state index is 0.0561. The Morgan fingerprint density at radius 2 is 2.09 bits per heavy atom. The Labute approximate surface area is 212 Å². The quantitative estimate of drug-likeness (QED) is 0.232. The minimum Gasteiger partial charge on any atom is -0.477 e. The fraction of sp³-hybridized carbons (Fsp3) is 0.450. The SMILES string of the molecule is CNCc1ccc(CC(=O)N[C@]2(OC)C(=O)N3C(C(=O)O)=C(CSc4nnc(C)s4)CS[C@H]32)s1. The van der Waals surface area contributed by atoms with Crippen molar-refractivity contribution in [2.24, 2.45) is 0 Å². The van der Waals surface area contributed by atoms with Gasteiger partial charge in [-0.25, -0.2) is 4.79 Å². The maximum atomic E-state index is 13.2. The standard InChI is InChI=1S/C20H23N5O5S4/c1-10-23-24-19(33-10)32-9-11-8-31-18-20(30-3,17(29)25(18)15(11)16(27)28)22-14(26)6-12-4-5-13(34-12)7-21-2/h4-5,18,21H,6-9H2,1-3H3,(H,22,26)(H,27,28)/t18-,20-/m0/s1. The third-order valence-corrected chi connectivity index (χ3v) is 9.76. The van der Waals surface area contributed by atoms with Crippen LogP contribution in [0.3, 0.4) is 0 Å². The van der Waals surface area contributed by atoms with Crippen LogP contribution >= 0.6 is 46.2 Å². The molecule has 10 nitrogen and oxygen atoms in total. The van der Waals surface area contributed by atoms with Gasteiger partial charge < -0.3 is 20.5 Å². The summed E-state index contributed by atoms with van der Waals surface area (Å²) >= 11 is 5.71. The van der Waals surface area contributed by atoms with Crippen LogP contribution in [0.1, 0.15) is 14.8 Å². The van der Waals surface area contributed by atoms with Crippen LogP contribution in [0.25, 0.3) is 0 Å². The molecule has 0 aliphatic carbocycles. The van der Waals surface area contributed by atoms with Crippen LogP contribution in [0, 0.1) is 6.92 Å². The van der Waals surface area contributed by atoms with E-state index in [1.807, 2.05) is 26.1 Å². The van der Waals surface area contributed by atoms with E-state index < -0.39 is 23.0 Å². The summed E-state index contributed by atoms with van der Waals surface area (Å²) in [6.07, 6.45) is 0.106. The van der Waals surface area contributed by atoms with Gasteiger partial charge in [0.05, 0.1) is 6.42 Å². The number of carboxylic acids is 1. The largest absolute Gasteiger partial charge is 0.477 e. The van der Waals surface area contributed by atoms with Gasteiger partial charge in [0.15, 0.2) is 4.34 Å². The topological polar surface area (TPSA) is 134 Å². The molecule has 2 aliphatic heterocycles. The fourth-order valence-corrected chi connectivity index (χ4v) is 8.16. The molecule has 4 rings (SSSR count). The number of methoxy groups -OCH3 is 1. The van der Waals surface area contributed by atoms with E-state index in [0.29, 0.717) is 23.6 Å². The van der Waals surface area contributed by atoms with Crippen molar-refractivity contribution in [3.63, 3.8) is 0 Å². The van der Waals surface area contributed by atoms with Gasteiger partial charge in [0.2, 0.25) is 5.91 Å². The first-order valence-corrected chi connectivity index (χ1v) is 13.9. The summed E-state index contributed by atoms with van der Waals surface area (Å²) in [7, 11) is 3.20. The Morgan fingerprint density at radius 3 is 2.74 bits per heavy atom. The molecule has 2 amide bonds. The number of rotatable bonds is 10. The normalized spacial score (nSPS) is 21.9. The molecule has 182 valence electrons. The molecule has 2 aromatic heterocycles. The zero-order valence-electron chi connectivity index (χ0n) is 18.6. The lowest BCUT2D eigenvalue weighted by Crippen LogP contribution is -2.80. The highest BCUT2D eigenvalue weighted by molar-refractivity contribution is 8.01. The lowest BCUT2D eigenvalue weighted by Gasteiger charge is -2.55. The second-order valence-corrected chi connectivity index (χ2v) is 12.3. The Hall–Kier alpha value is -1.97. The Kier molecular flexibility index (Phi) is 7.64. The number of thiophene rings is 1. The number of aryl methyl sites for hydroxylation is 1. The molecule has 0 saturated carbocycles. The maximum absolute atomic E-state index is 13.2. The third kappa shape index (κ3) is 4.75. The molecule has 0 aromatic carbocycles. The van der Waals surface area contributed by atoms with E-state index in [1.54, 1.807) is 0 Å². The average Bonchev–Trinajstić information content (AvgIpc) is 3.43. The van der Waals surface area contributed by atoms with Crippen LogP contribution in [-0.4, -0.2) is 74.7 Å². The molecular weight excluding hydrogens is 519 g/mol. The number of carbonyl (C=O) groups is 3. The van der Waals surface area contributed by atoms with Crippen LogP contribution in [0.2, 0.25) is 0 Å². The number of nitrogens with zero attached hydrogens (tertiary/aromatic N) is 3. The fourth-order valence-electron chi connectivity index (χ4n) is 3.74. The van der Waals surface area contributed by atoms with Crippen molar-refractivity contribution in [3.8, 4) is 0 Å². The minimum atomic E-state index is -1.59. The van der Waals surface area contributed by atoms with E-state index in [2.05, 4.69) is 20.8 Å². The van der Waals surface area contributed by atoms with E-state index in [4.69, 9.17) is 4.74 Å². The first-order valence-electron chi connectivity index (χ1n) is 10.2. The molecule has 0 radical (unpaired) electrons. The predicted molar refractivity (Wildman–Crippen MR) is 132 cm³/mol. The van der Waals surface area contributed by atoms with Crippen LogP contribution in [-0.2, 0) is 32.1 Å². The van der Waals surface area contributed by atoms with E-state index in [0.717, 1.165) is 19.1 Å². The summed E-state index contributed by atoms with van der Waals surface area (Å²) in [4.78, 5) is 41.3. The summed E-state index contributed by atoms with van der Waals surface area (Å²) in [6.45, 7) is 2.56. The molecular formula is C20H23N5O5S4. The number of carbonyl (C=O) groups excluding carboxylic acids is 2. The van der Waals surface area contributed by atoms with E-state index >= 15 is 0 Å². The number of nitrogens with one attached hydrogen (secondary N) is 2. The highest BCUT2D eigenvalue weighted by Gasteiger charge is 2.66. The zero-order chi connectivity index (χ0) is 24.5. The Bertz CT molecular complexity index is 1150. The molecule has 3 N–H and O–H groups in total. The lowest BCUT2D eigenvalue weighted by atomic mass is 9.98. The summed E-state index contributed by atoms with van der Waals surface area (Å²) in [5.74, 6) is -1.37. The van der Waals surface area contributed by atoms with Crippen LogP contribution in [0.5, 0.6) is 0 Å². The van der Waals surface area contributed by atoms with Gasteiger partial charge in [0.25, 0.3) is 11.6 Å². The van der Waals surface area contributed by atoms with Crippen molar-refractivity contribution in [2.45, 2.75) is 35.3 Å². The number of carboxylic acid groups (broad SMARTS) is 1. The van der Waals surface area contributed by atoms with Gasteiger partial charge in [-0.05, 0) is 31.7 Å². The van der Waals surface area contributed by atoms with Gasteiger partial charge in [-0.15, -0.1) is 33.3 Å². The number of ether oxygens (including phenoxy) is 1. The number of fused-ring (bicyclic) bond motifs is 1. The highest BCUT2D eigenvalue weighted by Crippen LogP contribution is 2.47. The molecule has 4 heterocycles. The van der Waals surface area contributed by atoms with Crippen molar-refractivity contribution in [1.82, 2.24) is 25.7 Å². The smallest absolute Gasteiger partial charge is 0.352 e. The number of thioether (sulfide) groups is 2. The number of amides is 2. The Balaban J connectivity index is 1.48. The van der Waals surface area contributed by atoms with E-state index in [1.165, 1.54) is 58.2 Å². The molecule has 2 atom stereocenters. The second kappa shape index (κ2) is 10.3. The molecule has 1 saturated heterocycles. The molecule has 1 fully saturated rings. The average molecular weight is 542 g/mol. The van der Waals surface area contributed by atoms with E-state index in [-0.39, 0.29) is 18.0 Å². The van der Waals surface area contributed by atoms with Crippen LogP contribution in [0.15, 0.2) is 27.7 Å². The molecule has 14 heteroatoms.